The van der Waals surface area contributed by atoms with Crippen LogP contribution in [0.4, 0.5) is 0 Å². The SMILES string of the molecule is CC(=O)OC[C@H]1OC(N=C=S)[C@H](OC(C)=O)[C@@H](OC(C)=O)[C@@H]1OC(C)=O. The van der Waals surface area contributed by atoms with Crippen LogP contribution in [-0.4, -0.2) is 66.3 Å². The number of hydrogen-bond donors (Lipinski definition) is 0. The molecule has 0 bridgehead atoms. The summed E-state index contributed by atoms with van der Waals surface area (Å²) in [7, 11) is 0. The second kappa shape index (κ2) is 9.95. The summed E-state index contributed by atoms with van der Waals surface area (Å²) >= 11 is 4.55. The molecule has 0 aliphatic carbocycles. The molecule has 5 atom stereocenters. The van der Waals surface area contributed by atoms with E-state index in [-0.39, 0.29) is 6.61 Å². The van der Waals surface area contributed by atoms with Crippen molar-refractivity contribution < 1.29 is 42.9 Å². The van der Waals surface area contributed by atoms with Crippen LogP contribution >= 0.6 is 12.2 Å². The Morgan fingerprint density at radius 1 is 0.885 bits per heavy atom. The largest absolute Gasteiger partial charge is 0.463 e. The van der Waals surface area contributed by atoms with Crippen LogP contribution in [0.15, 0.2) is 4.99 Å². The lowest BCUT2D eigenvalue weighted by atomic mass is 9.97. The maximum Gasteiger partial charge on any atom is 0.303 e. The van der Waals surface area contributed by atoms with E-state index < -0.39 is 54.5 Å². The van der Waals surface area contributed by atoms with Gasteiger partial charge in [-0.15, -0.1) is 0 Å². The van der Waals surface area contributed by atoms with Gasteiger partial charge in [-0.2, -0.15) is 4.99 Å². The first kappa shape index (κ1) is 21.7. The third-order valence-corrected chi connectivity index (χ3v) is 3.25. The second-order valence-electron chi connectivity index (χ2n) is 5.31. The molecule has 0 radical (unpaired) electrons. The zero-order valence-corrected chi connectivity index (χ0v) is 15.4. The number of esters is 4. The summed E-state index contributed by atoms with van der Waals surface area (Å²) in [5.74, 6) is -2.74. The van der Waals surface area contributed by atoms with Crippen molar-refractivity contribution in [1.29, 1.82) is 0 Å². The van der Waals surface area contributed by atoms with E-state index in [0.29, 0.717) is 0 Å². The minimum absolute atomic E-state index is 0.318. The van der Waals surface area contributed by atoms with Gasteiger partial charge in [0.25, 0.3) is 0 Å². The fraction of sp³-hybridized carbons (Fsp3) is 0.667. The van der Waals surface area contributed by atoms with Crippen molar-refractivity contribution in [3.05, 3.63) is 0 Å². The number of carbonyl (C=O) groups excluding carboxylic acids is 4. The van der Waals surface area contributed by atoms with Gasteiger partial charge in [-0.25, -0.2) is 0 Å². The molecule has 1 fully saturated rings. The molecule has 0 aromatic carbocycles. The van der Waals surface area contributed by atoms with E-state index in [2.05, 4.69) is 22.4 Å². The Morgan fingerprint density at radius 2 is 1.38 bits per heavy atom. The summed E-state index contributed by atoms with van der Waals surface area (Å²) < 4.78 is 26.0. The highest BCUT2D eigenvalue weighted by Gasteiger charge is 2.52. The first-order chi connectivity index (χ1) is 12.1. The Kier molecular flexibility index (Phi) is 8.30. The highest BCUT2D eigenvalue weighted by atomic mass is 32.1. The first-order valence-electron chi connectivity index (χ1n) is 7.53. The highest BCUT2D eigenvalue weighted by molar-refractivity contribution is 7.78. The molecule has 0 aromatic rings. The zero-order valence-electron chi connectivity index (χ0n) is 14.6. The van der Waals surface area contributed by atoms with Crippen LogP contribution in [-0.2, 0) is 42.9 Å². The van der Waals surface area contributed by atoms with Gasteiger partial charge in [0, 0.05) is 27.7 Å². The Morgan fingerprint density at radius 3 is 1.85 bits per heavy atom. The number of carbonyl (C=O) groups is 4. The van der Waals surface area contributed by atoms with E-state index in [4.69, 9.17) is 23.7 Å². The average molecular weight is 389 g/mol. The van der Waals surface area contributed by atoms with Crippen LogP contribution in [0.2, 0.25) is 0 Å². The van der Waals surface area contributed by atoms with Gasteiger partial charge in [-0.3, -0.25) is 19.2 Å². The van der Waals surface area contributed by atoms with Gasteiger partial charge in [0.15, 0.2) is 24.5 Å². The van der Waals surface area contributed by atoms with Crippen molar-refractivity contribution in [3.8, 4) is 0 Å². The Labute approximate surface area is 154 Å². The topological polar surface area (TPSA) is 127 Å². The van der Waals surface area contributed by atoms with Crippen LogP contribution in [0.5, 0.6) is 0 Å². The Balaban J connectivity index is 3.28. The van der Waals surface area contributed by atoms with Crippen LogP contribution in [0.3, 0.4) is 0 Å². The minimum Gasteiger partial charge on any atom is -0.463 e. The van der Waals surface area contributed by atoms with E-state index in [9.17, 15) is 19.2 Å². The van der Waals surface area contributed by atoms with Gasteiger partial charge in [0.05, 0.1) is 5.16 Å². The molecule has 144 valence electrons. The lowest BCUT2D eigenvalue weighted by Crippen LogP contribution is -2.61. The van der Waals surface area contributed by atoms with Gasteiger partial charge in [0.1, 0.15) is 12.7 Å². The summed E-state index contributed by atoms with van der Waals surface area (Å²) in [5, 5.41) is 2.09. The molecule has 0 N–H and O–H groups in total. The number of rotatable bonds is 6. The van der Waals surface area contributed by atoms with E-state index in [1.807, 2.05) is 0 Å². The van der Waals surface area contributed by atoms with Gasteiger partial charge >= 0.3 is 23.9 Å². The molecule has 10 nitrogen and oxygen atoms in total. The zero-order chi connectivity index (χ0) is 19.9. The van der Waals surface area contributed by atoms with Gasteiger partial charge in [0.2, 0.25) is 0 Å². The summed E-state index contributed by atoms with van der Waals surface area (Å²) in [4.78, 5) is 49.3. The maximum atomic E-state index is 11.5. The van der Waals surface area contributed by atoms with Crippen LogP contribution < -0.4 is 0 Å². The molecule has 0 spiro atoms. The quantitative estimate of drug-likeness (QED) is 0.268. The minimum atomic E-state index is -1.26. The summed E-state index contributed by atoms with van der Waals surface area (Å²) in [6.45, 7) is 4.26. The lowest BCUT2D eigenvalue weighted by Gasteiger charge is -2.42. The predicted octanol–water partition coefficient (Wildman–Crippen LogP) is 0.172. The number of thiocarbonyl (C=S) groups is 1. The molecule has 11 heteroatoms. The summed E-state index contributed by atoms with van der Waals surface area (Å²) in [5.41, 5.74) is 0. The maximum absolute atomic E-state index is 11.5. The van der Waals surface area contributed by atoms with Crippen molar-refractivity contribution in [1.82, 2.24) is 0 Å². The predicted molar refractivity (Wildman–Crippen MR) is 87.0 cm³/mol. The molecular formula is C15H19NO9S. The number of isothiocyanates is 1. The number of ether oxygens (including phenoxy) is 5. The molecule has 0 amide bonds. The van der Waals surface area contributed by atoms with Crippen molar-refractivity contribution in [2.45, 2.75) is 58.3 Å². The highest BCUT2D eigenvalue weighted by Crippen LogP contribution is 2.29. The smallest absolute Gasteiger partial charge is 0.303 e. The lowest BCUT2D eigenvalue weighted by molar-refractivity contribution is -0.250. The van der Waals surface area contributed by atoms with Gasteiger partial charge in [-0.05, 0) is 12.2 Å². The van der Waals surface area contributed by atoms with E-state index >= 15 is 0 Å². The molecule has 0 saturated carbocycles. The van der Waals surface area contributed by atoms with E-state index in [0.717, 1.165) is 20.8 Å². The van der Waals surface area contributed by atoms with Crippen LogP contribution in [0.1, 0.15) is 27.7 Å². The molecular weight excluding hydrogens is 370 g/mol. The van der Waals surface area contributed by atoms with Crippen molar-refractivity contribution >= 4 is 41.3 Å². The fourth-order valence-corrected chi connectivity index (χ4v) is 2.47. The molecule has 1 heterocycles. The molecule has 0 aromatic heterocycles. The fourth-order valence-electron chi connectivity index (χ4n) is 2.36. The normalized spacial score (nSPS) is 27.5. The third kappa shape index (κ3) is 6.51. The number of aliphatic imine (C=N–C) groups is 1. The molecule has 1 unspecified atom stereocenters. The van der Waals surface area contributed by atoms with Crippen molar-refractivity contribution in [3.63, 3.8) is 0 Å². The monoisotopic (exact) mass is 389 g/mol. The standard InChI is InChI=1S/C15H19NO9S/c1-7(17)21-5-11-12(22-8(2)18)13(23-9(3)19)14(24-10(4)20)15(25-11)16-6-26/h11-15H,5H2,1-4H3/t11-,12-,13+,14-,15?/m1/s1. The van der Waals surface area contributed by atoms with Crippen molar-refractivity contribution in [2.24, 2.45) is 4.99 Å². The molecule has 1 saturated heterocycles. The molecule has 26 heavy (non-hydrogen) atoms. The summed E-state index contributed by atoms with van der Waals surface area (Å²) in [6, 6.07) is 0. The number of hydrogen-bond acceptors (Lipinski definition) is 11. The van der Waals surface area contributed by atoms with Crippen LogP contribution in [0.25, 0.3) is 0 Å². The third-order valence-electron chi connectivity index (χ3n) is 3.15. The summed E-state index contributed by atoms with van der Waals surface area (Å²) in [6.07, 6.45) is -5.96. The molecule has 1 aliphatic heterocycles. The Hall–Kier alpha value is -2.36. The van der Waals surface area contributed by atoms with Crippen molar-refractivity contribution in [2.75, 3.05) is 6.61 Å². The number of nitrogens with zero attached hydrogens (tertiary/aromatic N) is 1. The molecule has 1 rings (SSSR count). The van der Waals surface area contributed by atoms with Gasteiger partial charge in [-0.1, -0.05) is 0 Å². The van der Waals surface area contributed by atoms with Gasteiger partial charge < -0.3 is 23.7 Å². The van der Waals surface area contributed by atoms with E-state index in [1.54, 1.807) is 0 Å². The first-order valence-corrected chi connectivity index (χ1v) is 7.94. The van der Waals surface area contributed by atoms with Crippen LogP contribution in [0, 0.1) is 0 Å². The second-order valence-corrected chi connectivity index (χ2v) is 5.49. The molecule has 1 aliphatic rings. The van der Waals surface area contributed by atoms with E-state index in [1.165, 1.54) is 6.92 Å². The average Bonchev–Trinajstić information content (AvgIpc) is 2.50. The Bertz CT molecular complexity index is 616.